The average Bonchev–Trinajstić information content (AvgIpc) is 3.28. The summed E-state index contributed by atoms with van der Waals surface area (Å²) in [5, 5.41) is 0. The van der Waals surface area contributed by atoms with Gasteiger partial charge in [0.15, 0.2) is 6.10 Å². The molecule has 1 atom stereocenters. The van der Waals surface area contributed by atoms with E-state index in [1.165, 1.54) is 109 Å². The van der Waals surface area contributed by atoms with Crippen LogP contribution in [0.15, 0.2) is 85.1 Å². The van der Waals surface area contributed by atoms with Gasteiger partial charge in [0.2, 0.25) is 0 Å². The summed E-state index contributed by atoms with van der Waals surface area (Å²) < 4.78 is 16.7. The van der Waals surface area contributed by atoms with Gasteiger partial charge in [0.1, 0.15) is 13.2 Å². The molecule has 0 amide bonds. The van der Waals surface area contributed by atoms with Crippen LogP contribution < -0.4 is 0 Å². The van der Waals surface area contributed by atoms with E-state index in [1.807, 2.05) is 0 Å². The van der Waals surface area contributed by atoms with Crippen LogP contribution in [0.5, 0.6) is 0 Å². The lowest BCUT2D eigenvalue weighted by Crippen LogP contribution is -2.30. The van der Waals surface area contributed by atoms with Crippen LogP contribution in [0, 0.1) is 0 Å². The first kappa shape index (κ1) is 59.6. The third kappa shape index (κ3) is 49.5. The monoisotopic (exact) mass is 877 g/mol. The molecule has 0 fully saturated rings. The normalized spacial score (nSPS) is 12.7. The summed E-state index contributed by atoms with van der Waals surface area (Å²) in [4.78, 5) is 37.9. The standard InChI is InChI=1S/C57H96O6/c1-4-7-10-13-16-19-22-25-27-28-30-33-36-39-42-45-48-51-57(60)63-54(52-61-55(58)49-46-43-40-37-34-31-24-21-18-15-12-9-6-3)53-62-56(59)50-47-44-41-38-35-32-29-26-23-20-17-14-11-8-5-2/h17,20-21,24-27,29-30,33,35,38-39,42,54H,4-16,18-19,22-23,28,31-32,34,36-37,40-41,43-53H2,1-3H3/b20-17-,24-21-,27-25-,29-26-,33-30-,38-35-,42-39-/t54-/m0/s1. The zero-order chi connectivity index (χ0) is 45.8. The third-order valence-electron chi connectivity index (χ3n) is 10.8. The molecule has 0 aliphatic carbocycles. The van der Waals surface area contributed by atoms with Gasteiger partial charge in [-0.2, -0.15) is 0 Å². The molecule has 63 heavy (non-hydrogen) atoms. The molecule has 0 unspecified atom stereocenters. The number of rotatable bonds is 46. The van der Waals surface area contributed by atoms with Gasteiger partial charge in [-0.1, -0.05) is 189 Å². The number of esters is 3. The van der Waals surface area contributed by atoms with E-state index in [4.69, 9.17) is 14.2 Å². The molecule has 0 aromatic rings. The zero-order valence-corrected chi connectivity index (χ0v) is 41.1. The molecule has 0 rings (SSSR count). The molecule has 0 saturated carbocycles. The first-order valence-electron chi connectivity index (χ1n) is 26.1. The molecule has 0 aliphatic rings. The first-order valence-corrected chi connectivity index (χ1v) is 26.1. The molecular formula is C57H96O6. The Bertz CT molecular complexity index is 1240. The van der Waals surface area contributed by atoms with Crippen LogP contribution >= 0.6 is 0 Å². The van der Waals surface area contributed by atoms with Crippen LogP contribution in [0.3, 0.4) is 0 Å². The van der Waals surface area contributed by atoms with Crippen LogP contribution in [-0.2, 0) is 28.6 Å². The van der Waals surface area contributed by atoms with Crippen molar-refractivity contribution in [3.8, 4) is 0 Å². The number of carbonyl (C=O) groups is 3. The van der Waals surface area contributed by atoms with Gasteiger partial charge in [-0.3, -0.25) is 14.4 Å². The van der Waals surface area contributed by atoms with Crippen molar-refractivity contribution in [3.63, 3.8) is 0 Å². The molecule has 6 nitrogen and oxygen atoms in total. The topological polar surface area (TPSA) is 78.9 Å². The molecule has 0 aliphatic heterocycles. The summed E-state index contributed by atoms with van der Waals surface area (Å²) in [6.45, 7) is 6.50. The number of hydrogen-bond donors (Lipinski definition) is 0. The summed E-state index contributed by atoms with van der Waals surface area (Å²) in [7, 11) is 0. The Morgan fingerprint density at radius 2 is 0.587 bits per heavy atom. The molecular weight excluding hydrogens is 781 g/mol. The molecule has 0 bridgehead atoms. The maximum Gasteiger partial charge on any atom is 0.306 e. The molecule has 0 heterocycles. The highest BCUT2D eigenvalue weighted by atomic mass is 16.6. The Labute approximate surface area is 388 Å². The fourth-order valence-corrected chi connectivity index (χ4v) is 6.87. The van der Waals surface area contributed by atoms with E-state index in [9.17, 15) is 14.4 Å². The van der Waals surface area contributed by atoms with Gasteiger partial charge in [0, 0.05) is 19.3 Å². The number of hydrogen-bond acceptors (Lipinski definition) is 6. The molecule has 6 heteroatoms. The summed E-state index contributed by atoms with van der Waals surface area (Å²) in [6.07, 6.45) is 65.7. The van der Waals surface area contributed by atoms with Crippen molar-refractivity contribution in [2.45, 2.75) is 245 Å². The van der Waals surface area contributed by atoms with Crippen LogP contribution in [0.1, 0.15) is 239 Å². The molecule has 0 spiro atoms. The quantitative estimate of drug-likeness (QED) is 0.0262. The molecule has 0 aromatic heterocycles. The predicted molar refractivity (Wildman–Crippen MR) is 270 cm³/mol. The van der Waals surface area contributed by atoms with Crippen LogP contribution in [0.25, 0.3) is 0 Å². The minimum absolute atomic E-state index is 0.113. The molecule has 360 valence electrons. The Kier molecular flexibility index (Phi) is 48.5. The highest BCUT2D eigenvalue weighted by molar-refractivity contribution is 5.71. The Balaban J connectivity index is 4.55. The molecule has 0 N–H and O–H groups in total. The highest BCUT2D eigenvalue weighted by Gasteiger charge is 2.19. The predicted octanol–water partition coefficient (Wildman–Crippen LogP) is 17.2. The van der Waals surface area contributed by atoms with Gasteiger partial charge in [-0.25, -0.2) is 0 Å². The van der Waals surface area contributed by atoms with Crippen LogP contribution in [0.2, 0.25) is 0 Å². The zero-order valence-electron chi connectivity index (χ0n) is 41.1. The fraction of sp³-hybridized carbons (Fsp3) is 0.702. The van der Waals surface area contributed by atoms with E-state index in [2.05, 4.69) is 106 Å². The van der Waals surface area contributed by atoms with E-state index in [-0.39, 0.29) is 37.5 Å². The van der Waals surface area contributed by atoms with E-state index in [1.54, 1.807) is 0 Å². The second kappa shape index (κ2) is 51.2. The van der Waals surface area contributed by atoms with Crippen molar-refractivity contribution in [3.05, 3.63) is 85.1 Å². The summed E-state index contributed by atoms with van der Waals surface area (Å²) in [5.41, 5.74) is 0. The van der Waals surface area contributed by atoms with Crippen molar-refractivity contribution in [1.29, 1.82) is 0 Å². The second-order valence-corrected chi connectivity index (χ2v) is 17.1. The van der Waals surface area contributed by atoms with Crippen molar-refractivity contribution in [2.75, 3.05) is 13.2 Å². The first-order chi connectivity index (χ1) is 31.0. The van der Waals surface area contributed by atoms with E-state index in [0.29, 0.717) is 19.3 Å². The lowest BCUT2D eigenvalue weighted by atomic mass is 10.1. The largest absolute Gasteiger partial charge is 0.462 e. The van der Waals surface area contributed by atoms with Gasteiger partial charge in [0.05, 0.1) is 0 Å². The second-order valence-electron chi connectivity index (χ2n) is 17.1. The number of carbonyl (C=O) groups excluding carboxylic acids is 3. The van der Waals surface area contributed by atoms with Gasteiger partial charge < -0.3 is 14.2 Å². The van der Waals surface area contributed by atoms with Gasteiger partial charge >= 0.3 is 17.9 Å². The van der Waals surface area contributed by atoms with Gasteiger partial charge in [-0.15, -0.1) is 0 Å². The molecule has 0 saturated heterocycles. The molecule has 0 aromatic carbocycles. The highest BCUT2D eigenvalue weighted by Crippen LogP contribution is 2.12. The fourth-order valence-electron chi connectivity index (χ4n) is 6.87. The van der Waals surface area contributed by atoms with Crippen molar-refractivity contribution < 1.29 is 28.6 Å². The minimum Gasteiger partial charge on any atom is -0.462 e. The smallest absolute Gasteiger partial charge is 0.306 e. The molecule has 0 radical (unpaired) electrons. The third-order valence-corrected chi connectivity index (χ3v) is 10.8. The summed E-state index contributed by atoms with van der Waals surface area (Å²) >= 11 is 0. The van der Waals surface area contributed by atoms with E-state index >= 15 is 0 Å². The number of allylic oxidation sites excluding steroid dienone is 14. The maximum absolute atomic E-state index is 12.8. The maximum atomic E-state index is 12.8. The van der Waals surface area contributed by atoms with E-state index < -0.39 is 6.10 Å². The number of unbranched alkanes of at least 4 members (excludes halogenated alkanes) is 21. The van der Waals surface area contributed by atoms with Gasteiger partial charge in [0.25, 0.3) is 0 Å². The minimum atomic E-state index is -0.821. The SMILES string of the molecule is CCCCC/C=C\C/C=C\C/C=C\CCCCC(=O)OC[C@H](COC(=O)CCCCCCC/C=C\CCCCCC)OC(=O)CCC/C=C\C/C=C\C/C=C\CCCCCCCC. The summed E-state index contributed by atoms with van der Waals surface area (Å²) in [5.74, 6) is -1.02. The van der Waals surface area contributed by atoms with Crippen molar-refractivity contribution >= 4 is 17.9 Å². The Morgan fingerprint density at radius 1 is 0.317 bits per heavy atom. The van der Waals surface area contributed by atoms with E-state index in [0.717, 1.165) is 83.5 Å². The number of ether oxygens (including phenoxy) is 3. The Morgan fingerprint density at radius 3 is 1.03 bits per heavy atom. The average molecular weight is 877 g/mol. The van der Waals surface area contributed by atoms with Crippen molar-refractivity contribution in [2.24, 2.45) is 0 Å². The lowest BCUT2D eigenvalue weighted by Gasteiger charge is -2.18. The lowest BCUT2D eigenvalue weighted by molar-refractivity contribution is -0.167. The van der Waals surface area contributed by atoms with Crippen molar-refractivity contribution in [1.82, 2.24) is 0 Å². The van der Waals surface area contributed by atoms with Gasteiger partial charge in [-0.05, 0) is 116 Å². The summed E-state index contributed by atoms with van der Waals surface area (Å²) in [6, 6.07) is 0. The van der Waals surface area contributed by atoms with Crippen LogP contribution in [0.4, 0.5) is 0 Å². The van der Waals surface area contributed by atoms with Crippen LogP contribution in [-0.4, -0.2) is 37.2 Å². The Hall–Kier alpha value is -3.41.